The molecular weight excluding hydrogens is 278 g/mol. The van der Waals surface area contributed by atoms with Crippen LogP contribution in [0.25, 0.3) is 0 Å². The Balaban J connectivity index is 1.32. The lowest BCUT2D eigenvalue weighted by molar-refractivity contribution is -0.120. The fourth-order valence-corrected chi connectivity index (χ4v) is 3.20. The van der Waals surface area contributed by atoms with Crippen molar-refractivity contribution in [1.82, 2.24) is 25.4 Å². The Bertz CT molecular complexity index is 536. The van der Waals surface area contributed by atoms with Gasteiger partial charge in [-0.25, -0.2) is 9.67 Å². The largest absolute Gasteiger partial charge is 0.355 e. The Morgan fingerprint density at radius 2 is 2.32 bits per heavy atom. The summed E-state index contributed by atoms with van der Waals surface area (Å²) < 4.78 is 1.93. The second-order valence-corrected chi connectivity index (χ2v) is 6.18. The van der Waals surface area contributed by atoms with E-state index in [1.807, 2.05) is 4.68 Å². The van der Waals surface area contributed by atoms with Crippen molar-refractivity contribution in [2.24, 2.45) is 0 Å². The van der Waals surface area contributed by atoms with E-state index in [0.29, 0.717) is 12.6 Å². The van der Waals surface area contributed by atoms with E-state index in [1.54, 1.807) is 6.33 Å². The van der Waals surface area contributed by atoms with Gasteiger partial charge in [-0.3, -0.25) is 4.79 Å². The minimum absolute atomic E-state index is 0.0841. The summed E-state index contributed by atoms with van der Waals surface area (Å²) in [5.41, 5.74) is 1.51. The number of aryl methyl sites for hydroxylation is 1. The highest BCUT2D eigenvalue weighted by Crippen LogP contribution is 2.19. The molecule has 0 bridgehead atoms. The molecule has 1 atom stereocenters. The van der Waals surface area contributed by atoms with E-state index in [0.717, 1.165) is 38.2 Å². The highest BCUT2D eigenvalue weighted by Gasteiger charge is 2.19. The molecule has 2 heterocycles. The number of rotatable bonds is 6. The van der Waals surface area contributed by atoms with Crippen LogP contribution >= 0.6 is 0 Å². The van der Waals surface area contributed by atoms with Crippen molar-refractivity contribution in [3.63, 3.8) is 0 Å². The summed E-state index contributed by atoms with van der Waals surface area (Å²) in [6.45, 7) is 1.94. The van der Waals surface area contributed by atoms with Crippen LogP contribution in [0.1, 0.15) is 44.3 Å². The Morgan fingerprint density at radius 1 is 1.36 bits per heavy atom. The summed E-state index contributed by atoms with van der Waals surface area (Å²) in [5.74, 6) is 1.13. The molecule has 0 unspecified atom stereocenters. The fourth-order valence-electron chi connectivity index (χ4n) is 3.20. The maximum atomic E-state index is 11.9. The number of carbonyl (C=O) groups excluding carboxylic acids is 1. The topological polar surface area (TPSA) is 71.8 Å². The number of aromatic nitrogens is 3. The van der Waals surface area contributed by atoms with Gasteiger partial charge in [0.25, 0.3) is 0 Å². The lowest BCUT2D eigenvalue weighted by Gasteiger charge is -2.23. The minimum Gasteiger partial charge on any atom is -0.355 e. The van der Waals surface area contributed by atoms with Gasteiger partial charge >= 0.3 is 0 Å². The van der Waals surface area contributed by atoms with Crippen molar-refractivity contribution in [1.29, 1.82) is 0 Å². The predicted molar refractivity (Wildman–Crippen MR) is 84.3 cm³/mol. The maximum Gasteiger partial charge on any atom is 0.233 e. The highest BCUT2D eigenvalue weighted by molar-refractivity contribution is 5.78. The number of amides is 1. The van der Waals surface area contributed by atoms with Crippen molar-refractivity contribution < 1.29 is 4.79 Å². The molecule has 1 amide bonds. The molecule has 2 N–H and O–H groups in total. The van der Waals surface area contributed by atoms with Gasteiger partial charge in [-0.15, -0.1) is 0 Å². The molecule has 1 aliphatic heterocycles. The summed E-state index contributed by atoms with van der Waals surface area (Å²) in [6, 6.07) is 0.306. The molecule has 2 aliphatic rings. The second-order valence-electron chi connectivity index (χ2n) is 6.18. The van der Waals surface area contributed by atoms with Crippen LogP contribution in [0.2, 0.25) is 0 Å². The van der Waals surface area contributed by atoms with E-state index in [1.165, 1.54) is 31.3 Å². The number of hydrogen-bond donors (Lipinski definition) is 2. The summed E-state index contributed by atoms with van der Waals surface area (Å²) in [5, 5.41) is 10.5. The van der Waals surface area contributed by atoms with Crippen molar-refractivity contribution in [3.8, 4) is 0 Å². The molecule has 0 fully saturated rings. The van der Waals surface area contributed by atoms with Crippen LogP contribution in [0, 0.1) is 0 Å². The van der Waals surface area contributed by atoms with Gasteiger partial charge in [0, 0.05) is 19.0 Å². The third-order valence-corrected chi connectivity index (χ3v) is 4.51. The highest BCUT2D eigenvalue weighted by atomic mass is 16.1. The van der Waals surface area contributed by atoms with E-state index >= 15 is 0 Å². The zero-order valence-corrected chi connectivity index (χ0v) is 13.1. The number of fused-ring (bicyclic) bond motifs is 1. The molecule has 0 aromatic carbocycles. The first kappa shape index (κ1) is 15.2. The predicted octanol–water partition coefficient (Wildman–Crippen LogP) is 1.19. The standard InChI is InChI=1S/C16H25N5O/c22-16(17-9-8-13-4-2-1-3-5-13)10-18-14-6-7-15-19-12-20-21(15)11-14/h4,12,14,18H,1-3,5-11H2,(H,17,22)/t14-/m0/s1. The molecule has 0 saturated heterocycles. The van der Waals surface area contributed by atoms with Crippen LogP contribution in [0.4, 0.5) is 0 Å². The van der Waals surface area contributed by atoms with Crippen molar-refractivity contribution >= 4 is 5.91 Å². The normalized spacial score (nSPS) is 21.1. The Kier molecular flexibility index (Phi) is 5.21. The molecule has 22 heavy (non-hydrogen) atoms. The van der Waals surface area contributed by atoms with Gasteiger partial charge in [-0.05, 0) is 38.5 Å². The molecule has 1 aromatic rings. The molecule has 1 aliphatic carbocycles. The molecule has 0 radical (unpaired) electrons. The first-order valence-electron chi connectivity index (χ1n) is 8.36. The quantitative estimate of drug-likeness (QED) is 0.774. The van der Waals surface area contributed by atoms with Crippen molar-refractivity contribution in [2.75, 3.05) is 13.1 Å². The van der Waals surface area contributed by atoms with Crippen molar-refractivity contribution in [3.05, 3.63) is 23.8 Å². The smallest absolute Gasteiger partial charge is 0.233 e. The van der Waals surface area contributed by atoms with Gasteiger partial charge in [-0.1, -0.05) is 11.6 Å². The van der Waals surface area contributed by atoms with Crippen LogP contribution in [0.5, 0.6) is 0 Å². The Hall–Kier alpha value is -1.69. The summed E-state index contributed by atoms with van der Waals surface area (Å²) >= 11 is 0. The van der Waals surface area contributed by atoms with Crippen LogP contribution in [-0.2, 0) is 17.8 Å². The SMILES string of the molecule is O=C(CN[C@H]1CCc2ncnn2C1)NCCC1=CCCCC1. The molecule has 0 saturated carbocycles. The fraction of sp³-hybridized carbons (Fsp3) is 0.688. The van der Waals surface area contributed by atoms with E-state index in [9.17, 15) is 4.79 Å². The van der Waals surface area contributed by atoms with Gasteiger partial charge in [0.2, 0.25) is 5.91 Å². The van der Waals surface area contributed by atoms with Gasteiger partial charge in [0.15, 0.2) is 0 Å². The molecular formula is C16H25N5O. The molecule has 6 nitrogen and oxygen atoms in total. The third kappa shape index (κ3) is 4.16. The first-order chi connectivity index (χ1) is 10.8. The first-order valence-corrected chi connectivity index (χ1v) is 8.36. The average Bonchev–Trinajstić information content (AvgIpc) is 3.01. The summed E-state index contributed by atoms with van der Waals surface area (Å²) in [6.07, 6.45) is 11.9. The van der Waals surface area contributed by atoms with Crippen LogP contribution < -0.4 is 10.6 Å². The lowest BCUT2D eigenvalue weighted by Crippen LogP contribution is -2.43. The third-order valence-electron chi connectivity index (χ3n) is 4.51. The number of nitrogens with zero attached hydrogens (tertiary/aromatic N) is 3. The zero-order chi connectivity index (χ0) is 15.2. The molecule has 3 rings (SSSR count). The van der Waals surface area contributed by atoms with E-state index < -0.39 is 0 Å². The van der Waals surface area contributed by atoms with E-state index in [2.05, 4.69) is 26.8 Å². The number of nitrogens with one attached hydrogen (secondary N) is 2. The zero-order valence-electron chi connectivity index (χ0n) is 13.1. The number of allylic oxidation sites excluding steroid dienone is 1. The second kappa shape index (κ2) is 7.54. The van der Waals surface area contributed by atoms with Gasteiger partial charge < -0.3 is 10.6 Å². The molecule has 120 valence electrons. The monoisotopic (exact) mass is 303 g/mol. The Labute approximate surface area is 131 Å². The van der Waals surface area contributed by atoms with Crippen LogP contribution in [0.15, 0.2) is 18.0 Å². The minimum atomic E-state index is 0.0841. The number of hydrogen-bond acceptors (Lipinski definition) is 4. The van der Waals surface area contributed by atoms with E-state index in [4.69, 9.17) is 0 Å². The molecule has 6 heteroatoms. The van der Waals surface area contributed by atoms with Crippen LogP contribution in [0.3, 0.4) is 0 Å². The number of carbonyl (C=O) groups is 1. The average molecular weight is 303 g/mol. The van der Waals surface area contributed by atoms with E-state index in [-0.39, 0.29) is 5.91 Å². The van der Waals surface area contributed by atoms with Gasteiger partial charge in [0.05, 0.1) is 13.1 Å². The summed E-state index contributed by atoms with van der Waals surface area (Å²) in [4.78, 5) is 16.1. The Morgan fingerprint density at radius 3 is 3.18 bits per heavy atom. The maximum absolute atomic E-state index is 11.9. The lowest BCUT2D eigenvalue weighted by atomic mass is 9.97. The molecule has 0 spiro atoms. The van der Waals surface area contributed by atoms with Crippen molar-refractivity contribution in [2.45, 2.75) is 57.5 Å². The van der Waals surface area contributed by atoms with Gasteiger partial charge in [-0.2, -0.15) is 5.10 Å². The summed E-state index contributed by atoms with van der Waals surface area (Å²) in [7, 11) is 0. The molecule has 1 aromatic heterocycles. The van der Waals surface area contributed by atoms with Gasteiger partial charge in [0.1, 0.15) is 12.2 Å². The van der Waals surface area contributed by atoms with Crippen LogP contribution in [-0.4, -0.2) is 39.8 Å².